The number of unbranched alkanes of at least 4 members (excludes halogenated alkanes) is 1. The van der Waals surface area contributed by atoms with Gasteiger partial charge in [-0.2, -0.15) is 0 Å². The molecule has 0 aromatic rings. The third kappa shape index (κ3) is 11.4. The molecule has 3 heteroatoms. The number of hydrogen-bond donors (Lipinski definition) is 1. The Bertz CT molecular complexity index is 70.5. The molecule has 0 saturated heterocycles. The van der Waals surface area contributed by atoms with Crippen LogP contribution in [0.5, 0.6) is 0 Å². The third-order valence-corrected chi connectivity index (χ3v) is 1.24. The van der Waals surface area contributed by atoms with E-state index in [9.17, 15) is 0 Å². The zero-order valence-corrected chi connectivity index (χ0v) is 9.26. The Morgan fingerprint density at radius 2 is 1.60 bits per heavy atom. The summed E-state index contributed by atoms with van der Waals surface area (Å²) in [4.78, 5) is 0. The van der Waals surface area contributed by atoms with Gasteiger partial charge in [0.2, 0.25) is 0 Å². The molecule has 0 heterocycles. The molecule has 10 heavy (non-hydrogen) atoms. The average molecular weight is 259 g/mol. The Morgan fingerprint density at radius 3 is 1.90 bits per heavy atom. The number of quaternary nitrogens is 1. The topological polar surface area (TPSA) is 20.2 Å². The van der Waals surface area contributed by atoms with Crippen molar-refractivity contribution in [1.29, 1.82) is 0 Å². The normalized spacial score (nSPS) is 10.8. The highest BCUT2D eigenvalue weighted by Gasteiger charge is 2.04. The summed E-state index contributed by atoms with van der Waals surface area (Å²) in [6.45, 7) is 1.49. The van der Waals surface area contributed by atoms with Gasteiger partial charge in [-0.05, 0) is 12.8 Å². The van der Waals surface area contributed by atoms with Gasteiger partial charge >= 0.3 is 0 Å². The van der Waals surface area contributed by atoms with Crippen molar-refractivity contribution in [2.45, 2.75) is 12.8 Å². The highest BCUT2D eigenvalue weighted by molar-refractivity contribution is 4.34. The van der Waals surface area contributed by atoms with Crippen molar-refractivity contribution in [2.75, 3.05) is 34.3 Å². The van der Waals surface area contributed by atoms with Crippen molar-refractivity contribution in [1.82, 2.24) is 0 Å². The summed E-state index contributed by atoms with van der Waals surface area (Å²) >= 11 is 0. The van der Waals surface area contributed by atoms with E-state index < -0.39 is 0 Å². The molecule has 0 spiro atoms. The predicted molar refractivity (Wildman–Crippen MR) is 39.2 cm³/mol. The van der Waals surface area contributed by atoms with Crippen LogP contribution >= 0.6 is 0 Å². The Morgan fingerprint density at radius 1 is 1.10 bits per heavy atom. The molecule has 0 aliphatic rings. The van der Waals surface area contributed by atoms with Gasteiger partial charge in [0.05, 0.1) is 27.7 Å². The van der Waals surface area contributed by atoms with Gasteiger partial charge in [-0.3, -0.25) is 0 Å². The monoisotopic (exact) mass is 259 g/mol. The van der Waals surface area contributed by atoms with Crippen molar-refractivity contribution in [3.63, 3.8) is 0 Å². The second-order valence-electron chi connectivity index (χ2n) is 3.44. The number of aliphatic hydroxyl groups is 1. The van der Waals surface area contributed by atoms with Crippen molar-refractivity contribution in [3.8, 4) is 0 Å². The molecule has 64 valence electrons. The lowest BCUT2D eigenvalue weighted by atomic mass is 10.3. The molecule has 0 aliphatic carbocycles. The first-order chi connectivity index (χ1) is 4.06. The van der Waals surface area contributed by atoms with Crippen LogP contribution in [0.2, 0.25) is 0 Å². The largest absolute Gasteiger partial charge is 1.00 e. The molecule has 0 bridgehead atoms. The average Bonchev–Trinajstić information content (AvgIpc) is 1.63. The number of nitrogens with zero attached hydrogens (tertiary/aromatic N) is 1. The van der Waals surface area contributed by atoms with E-state index in [4.69, 9.17) is 5.11 Å². The summed E-state index contributed by atoms with van der Waals surface area (Å²) in [7, 11) is 6.49. The lowest BCUT2D eigenvalue weighted by Gasteiger charge is -2.23. The zero-order chi connectivity index (χ0) is 7.33. The molecule has 0 atom stereocenters. The maximum atomic E-state index is 8.46. The van der Waals surface area contributed by atoms with Crippen molar-refractivity contribution in [2.24, 2.45) is 0 Å². The van der Waals surface area contributed by atoms with Crippen LogP contribution in [-0.2, 0) is 0 Å². The first-order valence-corrected chi connectivity index (χ1v) is 3.47. The molecular formula is C7H18INO. The van der Waals surface area contributed by atoms with Crippen molar-refractivity contribution >= 4 is 0 Å². The number of rotatable bonds is 4. The summed E-state index contributed by atoms with van der Waals surface area (Å²) in [6.07, 6.45) is 2.06. The van der Waals surface area contributed by atoms with Gasteiger partial charge in [-0.1, -0.05) is 0 Å². The molecule has 0 amide bonds. The number of halogens is 1. The highest BCUT2D eigenvalue weighted by atomic mass is 127. The number of hydrogen-bond acceptors (Lipinski definition) is 1. The maximum absolute atomic E-state index is 8.46. The van der Waals surface area contributed by atoms with Crippen LogP contribution in [0.4, 0.5) is 0 Å². The predicted octanol–water partition coefficient (Wildman–Crippen LogP) is -2.53. The van der Waals surface area contributed by atoms with Gasteiger partial charge in [0.25, 0.3) is 0 Å². The van der Waals surface area contributed by atoms with Gasteiger partial charge in [0.15, 0.2) is 0 Å². The van der Waals surface area contributed by atoms with E-state index in [-0.39, 0.29) is 24.0 Å². The Hall–Kier alpha value is 0.650. The second kappa shape index (κ2) is 6.37. The van der Waals surface area contributed by atoms with Crippen molar-refractivity contribution < 1.29 is 33.6 Å². The maximum Gasteiger partial charge on any atom is 0.0781 e. The first-order valence-electron chi connectivity index (χ1n) is 3.47. The van der Waals surface area contributed by atoms with E-state index in [1.165, 1.54) is 0 Å². The van der Waals surface area contributed by atoms with Gasteiger partial charge in [-0.25, -0.2) is 0 Å². The molecule has 2 nitrogen and oxygen atoms in total. The smallest absolute Gasteiger partial charge is 0.0781 e. The Labute approximate surface area is 80.8 Å². The second-order valence-corrected chi connectivity index (χ2v) is 3.44. The first kappa shape index (κ1) is 13.3. The zero-order valence-electron chi connectivity index (χ0n) is 7.10. The van der Waals surface area contributed by atoms with Crippen molar-refractivity contribution in [3.05, 3.63) is 0 Å². The summed E-state index contributed by atoms with van der Waals surface area (Å²) in [5.74, 6) is 0. The molecule has 0 aromatic carbocycles. The van der Waals surface area contributed by atoms with Crippen LogP contribution in [0.15, 0.2) is 0 Å². The van der Waals surface area contributed by atoms with E-state index in [0.29, 0.717) is 6.61 Å². The van der Waals surface area contributed by atoms with Crippen LogP contribution in [-0.4, -0.2) is 43.9 Å². The lowest BCUT2D eigenvalue weighted by molar-refractivity contribution is -0.870. The van der Waals surface area contributed by atoms with E-state index in [1.54, 1.807) is 0 Å². The van der Waals surface area contributed by atoms with Gasteiger partial charge in [-0.15, -0.1) is 0 Å². The fraction of sp³-hybridized carbons (Fsp3) is 1.00. The standard InChI is InChI=1S/C7H18NO.HI/c1-8(2,3)6-4-5-7-9;/h9H,4-7H2,1-3H3;1H/q+1;/p-1. The molecule has 1 N–H and O–H groups in total. The van der Waals surface area contributed by atoms with Crippen LogP contribution < -0.4 is 24.0 Å². The molecule has 0 fully saturated rings. The van der Waals surface area contributed by atoms with Crippen LogP contribution in [0.3, 0.4) is 0 Å². The fourth-order valence-corrected chi connectivity index (χ4v) is 0.698. The minimum Gasteiger partial charge on any atom is -1.00 e. The van der Waals surface area contributed by atoms with Gasteiger partial charge < -0.3 is 33.6 Å². The van der Waals surface area contributed by atoms with E-state index in [1.807, 2.05) is 0 Å². The fourth-order valence-electron chi connectivity index (χ4n) is 0.698. The quantitative estimate of drug-likeness (QED) is 0.335. The van der Waals surface area contributed by atoms with Crippen LogP contribution in [0, 0.1) is 0 Å². The molecular weight excluding hydrogens is 241 g/mol. The summed E-state index contributed by atoms with van der Waals surface area (Å²) in [6, 6.07) is 0. The lowest BCUT2D eigenvalue weighted by Crippen LogP contribution is -3.00. The third-order valence-electron chi connectivity index (χ3n) is 1.24. The Balaban J connectivity index is 0. The minimum absolute atomic E-state index is 0. The molecule has 0 radical (unpaired) electrons. The minimum atomic E-state index is 0. The molecule has 0 rings (SSSR count). The van der Waals surface area contributed by atoms with Gasteiger partial charge in [0.1, 0.15) is 0 Å². The molecule has 0 saturated carbocycles. The number of aliphatic hydroxyl groups excluding tert-OH is 1. The summed E-state index contributed by atoms with van der Waals surface area (Å²) in [5, 5.41) is 8.46. The molecule has 0 aromatic heterocycles. The van der Waals surface area contributed by atoms with Gasteiger partial charge in [0, 0.05) is 6.61 Å². The van der Waals surface area contributed by atoms with Crippen LogP contribution in [0.25, 0.3) is 0 Å². The van der Waals surface area contributed by atoms with E-state index >= 15 is 0 Å². The highest BCUT2D eigenvalue weighted by Crippen LogP contribution is 1.95. The SMILES string of the molecule is C[N+](C)(C)CCCCO.[I-]. The summed E-state index contributed by atoms with van der Waals surface area (Å²) < 4.78 is 1.00. The summed E-state index contributed by atoms with van der Waals surface area (Å²) in [5.41, 5.74) is 0. The van der Waals surface area contributed by atoms with E-state index in [2.05, 4.69) is 21.1 Å². The molecule has 0 unspecified atom stereocenters. The Kier molecular flexibility index (Phi) is 8.44. The molecule has 0 aliphatic heterocycles. The van der Waals surface area contributed by atoms with E-state index in [0.717, 1.165) is 23.9 Å². The van der Waals surface area contributed by atoms with Crippen LogP contribution in [0.1, 0.15) is 12.8 Å².